The molecule has 3 nitrogen and oxygen atoms in total. The number of rotatable bonds is 3. The number of benzene rings is 2. The molecule has 2 aromatic rings. The Labute approximate surface area is 118 Å². The van der Waals surface area contributed by atoms with E-state index in [0.717, 1.165) is 5.39 Å². The van der Waals surface area contributed by atoms with Gasteiger partial charge < -0.3 is 4.55 Å². The maximum Gasteiger partial charge on any atom is 1.00 e. The van der Waals surface area contributed by atoms with Crippen molar-refractivity contribution in [1.29, 1.82) is 0 Å². The minimum absolute atomic E-state index is 0. The molecule has 0 spiro atoms. The molecule has 0 atom stereocenters. The van der Waals surface area contributed by atoms with Crippen molar-refractivity contribution in [3.05, 3.63) is 54.6 Å². The zero-order valence-corrected chi connectivity index (χ0v) is 10.9. The average Bonchev–Trinajstić information content (AvgIpc) is 2.27. The van der Waals surface area contributed by atoms with E-state index in [2.05, 4.69) is 6.58 Å². The Bertz CT molecular complexity index is 678. The van der Waals surface area contributed by atoms with Crippen LogP contribution in [-0.4, -0.2) is 13.0 Å². The molecule has 0 fully saturated rings. The molecule has 0 aliphatic carbocycles. The summed E-state index contributed by atoms with van der Waals surface area (Å²) in [7, 11) is -4.48. The molecule has 0 aromatic heterocycles. The maximum atomic E-state index is 11.4. The fraction of sp³-hybridized carbons (Fsp3) is 0.0769. The van der Waals surface area contributed by atoms with E-state index in [-0.39, 0.29) is 23.8 Å². The van der Waals surface area contributed by atoms with Gasteiger partial charge in [0.05, 0.1) is 4.90 Å². The van der Waals surface area contributed by atoms with Gasteiger partial charge in [0.15, 0.2) is 0 Å². The molecular formula is C13H11LiO3S. The molecule has 0 aliphatic rings. The van der Waals surface area contributed by atoms with Crippen LogP contribution in [0.15, 0.2) is 53.9 Å². The van der Waals surface area contributed by atoms with E-state index < -0.39 is 10.1 Å². The standard InChI is InChI=1S/C13H12O3S.Li/c1-2-5-11-9-8-10-6-3-4-7-12(10)13(11)17(14,15)16;/h2-4,6-9H,1,5H2,(H,14,15,16);/q;+1/p-1. The molecule has 0 saturated carbocycles. The Morgan fingerprint density at radius 3 is 2.44 bits per heavy atom. The fourth-order valence-electron chi connectivity index (χ4n) is 1.90. The van der Waals surface area contributed by atoms with Gasteiger partial charge in [-0.1, -0.05) is 42.5 Å². The molecule has 0 bridgehead atoms. The van der Waals surface area contributed by atoms with Crippen LogP contribution in [0.25, 0.3) is 10.8 Å². The summed E-state index contributed by atoms with van der Waals surface area (Å²) in [5.74, 6) is 0. The number of hydrogen-bond donors (Lipinski definition) is 0. The van der Waals surface area contributed by atoms with Crippen molar-refractivity contribution in [2.75, 3.05) is 0 Å². The summed E-state index contributed by atoms with van der Waals surface area (Å²) in [6, 6.07) is 10.4. The minimum atomic E-state index is -4.48. The summed E-state index contributed by atoms with van der Waals surface area (Å²) in [5, 5.41) is 1.22. The van der Waals surface area contributed by atoms with E-state index in [9.17, 15) is 13.0 Å². The van der Waals surface area contributed by atoms with Crippen LogP contribution in [0, 0.1) is 0 Å². The molecule has 2 rings (SSSR count). The zero-order chi connectivity index (χ0) is 12.5. The molecule has 0 radical (unpaired) electrons. The maximum absolute atomic E-state index is 11.4. The van der Waals surface area contributed by atoms with E-state index in [1.807, 2.05) is 6.07 Å². The largest absolute Gasteiger partial charge is 1.00 e. The van der Waals surface area contributed by atoms with Crippen LogP contribution < -0.4 is 18.9 Å². The molecule has 0 amide bonds. The zero-order valence-electron chi connectivity index (χ0n) is 10.1. The Morgan fingerprint density at radius 1 is 1.17 bits per heavy atom. The molecule has 0 saturated heterocycles. The Kier molecular flexibility index (Phi) is 4.77. The Hall–Kier alpha value is -1.05. The predicted molar refractivity (Wildman–Crippen MR) is 65.8 cm³/mol. The van der Waals surface area contributed by atoms with Crippen molar-refractivity contribution in [2.24, 2.45) is 0 Å². The first kappa shape index (κ1) is 15.0. The quantitative estimate of drug-likeness (QED) is 0.420. The van der Waals surface area contributed by atoms with Gasteiger partial charge in [-0.25, -0.2) is 8.42 Å². The number of allylic oxidation sites excluding steroid dienone is 1. The minimum Gasteiger partial charge on any atom is -0.744 e. The Morgan fingerprint density at radius 2 is 1.83 bits per heavy atom. The molecule has 0 N–H and O–H groups in total. The first-order valence-electron chi connectivity index (χ1n) is 5.11. The second-order valence-electron chi connectivity index (χ2n) is 3.72. The van der Waals surface area contributed by atoms with Crippen LogP contribution in [0.3, 0.4) is 0 Å². The summed E-state index contributed by atoms with van der Waals surface area (Å²) >= 11 is 0. The van der Waals surface area contributed by atoms with Gasteiger partial charge in [-0.05, 0) is 22.8 Å². The van der Waals surface area contributed by atoms with Gasteiger partial charge in [-0.15, -0.1) is 6.58 Å². The van der Waals surface area contributed by atoms with Gasteiger partial charge in [0.1, 0.15) is 10.1 Å². The van der Waals surface area contributed by atoms with Gasteiger partial charge in [0.25, 0.3) is 0 Å². The molecular weight excluding hydrogens is 243 g/mol. The molecule has 18 heavy (non-hydrogen) atoms. The Balaban J connectivity index is 0.00000162. The van der Waals surface area contributed by atoms with Gasteiger partial charge >= 0.3 is 18.9 Å². The third-order valence-corrected chi connectivity index (χ3v) is 3.56. The topological polar surface area (TPSA) is 57.2 Å². The summed E-state index contributed by atoms with van der Waals surface area (Å²) in [4.78, 5) is -0.129. The van der Waals surface area contributed by atoms with Crippen molar-refractivity contribution in [3.8, 4) is 0 Å². The van der Waals surface area contributed by atoms with E-state index in [1.165, 1.54) is 0 Å². The molecule has 0 aliphatic heterocycles. The smallest absolute Gasteiger partial charge is 0.744 e. The second kappa shape index (κ2) is 5.72. The first-order chi connectivity index (χ1) is 8.04. The predicted octanol–water partition coefficient (Wildman–Crippen LogP) is -0.524. The third-order valence-electron chi connectivity index (χ3n) is 2.58. The van der Waals surface area contributed by atoms with Crippen molar-refractivity contribution in [2.45, 2.75) is 11.3 Å². The van der Waals surface area contributed by atoms with Crippen molar-refractivity contribution < 1.29 is 31.8 Å². The van der Waals surface area contributed by atoms with Crippen LogP contribution in [0.4, 0.5) is 0 Å². The van der Waals surface area contributed by atoms with E-state index in [0.29, 0.717) is 17.4 Å². The summed E-state index contributed by atoms with van der Waals surface area (Å²) < 4.78 is 34.1. The SMILES string of the molecule is C=CCc1ccc2ccccc2c1S(=O)(=O)[O-].[Li+]. The monoisotopic (exact) mass is 254 g/mol. The number of hydrogen-bond acceptors (Lipinski definition) is 3. The van der Waals surface area contributed by atoms with Crippen molar-refractivity contribution in [1.82, 2.24) is 0 Å². The average molecular weight is 254 g/mol. The molecule has 0 heterocycles. The van der Waals surface area contributed by atoms with Crippen LogP contribution in [0.2, 0.25) is 0 Å². The van der Waals surface area contributed by atoms with Gasteiger partial charge in [0, 0.05) is 0 Å². The van der Waals surface area contributed by atoms with Crippen molar-refractivity contribution in [3.63, 3.8) is 0 Å². The second-order valence-corrected chi connectivity index (χ2v) is 5.04. The fourth-order valence-corrected chi connectivity index (χ4v) is 2.83. The van der Waals surface area contributed by atoms with Crippen LogP contribution >= 0.6 is 0 Å². The molecule has 88 valence electrons. The van der Waals surface area contributed by atoms with Gasteiger partial charge in [0.2, 0.25) is 0 Å². The normalized spacial score (nSPS) is 10.9. The van der Waals surface area contributed by atoms with Crippen LogP contribution in [0.5, 0.6) is 0 Å². The summed E-state index contributed by atoms with van der Waals surface area (Å²) in [6.45, 7) is 3.56. The molecule has 0 unspecified atom stereocenters. The van der Waals surface area contributed by atoms with E-state index in [4.69, 9.17) is 0 Å². The number of fused-ring (bicyclic) bond motifs is 1. The first-order valence-corrected chi connectivity index (χ1v) is 6.52. The van der Waals surface area contributed by atoms with Gasteiger partial charge in [-0.3, -0.25) is 0 Å². The third kappa shape index (κ3) is 2.85. The van der Waals surface area contributed by atoms with Crippen LogP contribution in [-0.2, 0) is 16.5 Å². The molecule has 2 aromatic carbocycles. The van der Waals surface area contributed by atoms with Gasteiger partial charge in [-0.2, -0.15) is 0 Å². The molecule has 5 heteroatoms. The summed E-state index contributed by atoms with van der Waals surface area (Å²) in [5.41, 5.74) is 0.494. The van der Waals surface area contributed by atoms with E-state index >= 15 is 0 Å². The van der Waals surface area contributed by atoms with E-state index in [1.54, 1.807) is 36.4 Å². The van der Waals surface area contributed by atoms with Crippen LogP contribution in [0.1, 0.15) is 5.56 Å². The summed E-state index contributed by atoms with van der Waals surface area (Å²) in [6.07, 6.45) is 1.94. The van der Waals surface area contributed by atoms with Crippen molar-refractivity contribution >= 4 is 20.9 Å².